The van der Waals surface area contributed by atoms with Crippen LogP contribution in [0.2, 0.25) is 0 Å². The molecule has 2 aromatic carbocycles. The zero-order chi connectivity index (χ0) is 21.9. The van der Waals surface area contributed by atoms with Crippen LogP contribution in [0.3, 0.4) is 0 Å². The van der Waals surface area contributed by atoms with E-state index in [1.54, 1.807) is 24.3 Å². The minimum absolute atomic E-state index is 0.00928. The first kappa shape index (κ1) is 25.2. The van der Waals surface area contributed by atoms with E-state index in [1.165, 1.54) is 0 Å². The number of rotatable bonds is 8. The summed E-state index contributed by atoms with van der Waals surface area (Å²) >= 11 is 13.8. The topological polar surface area (TPSA) is 52.6 Å². The Morgan fingerprint density at radius 2 is 1.00 bits per heavy atom. The Kier molecular flexibility index (Phi) is 9.10. The fourth-order valence-electron chi connectivity index (χ4n) is 2.31. The first-order valence-corrected chi connectivity index (χ1v) is 13.7. The Bertz CT molecular complexity index is 872. The summed E-state index contributed by atoms with van der Waals surface area (Å²) < 4.78 is 40.6. The van der Waals surface area contributed by atoms with Crippen molar-refractivity contribution in [2.45, 2.75) is 62.5 Å². The van der Waals surface area contributed by atoms with Gasteiger partial charge in [-0.3, -0.25) is 0 Å². The third-order valence-electron chi connectivity index (χ3n) is 4.35. The predicted octanol–water partition coefficient (Wildman–Crippen LogP) is 7.92. The van der Waals surface area contributed by atoms with Crippen LogP contribution in [-0.2, 0) is 9.84 Å². The van der Waals surface area contributed by atoms with Crippen LogP contribution in [0.1, 0.15) is 40.5 Å². The molecule has 0 aliphatic carbocycles. The molecule has 9 heteroatoms. The van der Waals surface area contributed by atoms with Crippen molar-refractivity contribution in [3.05, 3.63) is 42.2 Å². The maximum Gasteiger partial charge on any atom is 0.206 e. The summed E-state index contributed by atoms with van der Waals surface area (Å²) in [7, 11) is -3.76. The molecule has 0 bridgehead atoms. The molecule has 2 rings (SSSR count). The molecule has 0 fully saturated rings. The SMILES string of the molecule is CCC(C)Oc1c(Br)cc(S(=O)(=O)c2cc(Br)c(OC(C)CC)c(Br)c2)cc1Br. The van der Waals surface area contributed by atoms with E-state index in [9.17, 15) is 8.42 Å². The molecule has 0 saturated heterocycles. The Morgan fingerprint density at radius 3 is 1.24 bits per heavy atom. The molecule has 0 aliphatic heterocycles. The lowest BCUT2D eigenvalue weighted by Gasteiger charge is -2.18. The number of hydrogen-bond donors (Lipinski definition) is 0. The summed E-state index contributed by atoms with van der Waals surface area (Å²) in [4.78, 5) is 0.310. The fraction of sp³-hybridized carbons (Fsp3) is 0.400. The van der Waals surface area contributed by atoms with Crippen molar-refractivity contribution >= 4 is 73.6 Å². The molecule has 0 amide bonds. The van der Waals surface area contributed by atoms with Crippen molar-refractivity contribution in [1.82, 2.24) is 0 Å². The lowest BCUT2D eigenvalue weighted by Crippen LogP contribution is -2.12. The molecular formula is C20H22Br4O4S. The lowest BCUT2D eigenvalue weighted by molar-refractivity contribution is 0.214. The Balaban J connectivity index is 2.48. The average molecular weight is 678 g/mol. The van der Waals surface area contributed by atoms with Crippen molar-refractivity contribution in [2.75, 3.05) is 0 Å². The van der Waals surface area contributed by atoms with Crippen LogP contribution in [0.25, 0.3) is 0 Å². The molecule has 0 spiro atoms. The largest absolute Gasteiger partial charge is 0.488 e. The highest BCUT2D eigenvalue weighted by molar-refractivity contribution is 9.11. The highest BCUT2D eigenvalue weighted by atomic mass is 79.9. The molecule has 2 aromatic rings. The Labute approximate surface area is 206 Å². The summed E-state index contributed by atoms with van der Waals surface area (Å²) in [5, 5.41) is 0. The van der Waals surface area contributed by atoms with E-state index in [4.69, 9.17) is 9.47 Å². The van der Waals surface area contributed by atoms with E-state index >= 15 is 0 Å². The maximum atomic E-state index is 13.3. The van der Waals surface area contributed by atoms with Crippen LogP contribution in [0.15, 0.2) is 51.9 Å². The molecular weight excluding hydrogens is 656 g/mol. The van der Waals surface area contributed by atoms with Crippen molar-refractivity contribution in [3.63, 3.8) is 0 Å². The fourth-order valence-corrected chi connectivity index (χ4v) is 7.03. The molecule has 2 atom stereocenters. The summed E-state index contributed by atoms with van der Waals surface area (Å²) in [6.07, 6.45) is 1.70. The molecule has 160 valence electrons. The monoisotopic (exact) mass is 674 g/mol. The Morgan fingerprint density at radius 1 is 0.724 bits per heavy atom. The molecule has 0 N–H and O–H groups in total. The summed E-state index contributed by atoms with van der Waals surface area (Å²) in [6.45, 7) is 7.97. The van der Waals surface area contributed by atoms with Gasteiger partial charge in [-0.25, -0.2) is 8.42 Å². The van der Waals surface area contributed by atoms with E-state index in [-0.39, 0.29) is 22.0 Å². The normalized spacial score (nSPS) is 13.8. The third-order valence-corrected chi connectivity index (χ3v) is 8.42. The van der Waals surface area contributed by atoms with Gasteiger partial charge in [-0.2, -0.15) is 0 Å². The number of hydrogen-bond acceptors (Lipinski definition) is 4. The van der Waals surface area contributed by atoms with Gasteiger partial charge in [0.2, 0.25) is 9.84 Å². The van der Waals surface area contributed by atoms with Gasteiger partial charge in [0, 0.05) is 0 Å². The van der Waals surface area contributed by atoms with Gasteiger partial charge < -0.3 is 9.47 Å². The van der Waals surface area contributed by atoms with Gasteiger partial charge in [-0.1, -0.05) is 13.8 Å². The first-order valence-electron chi connectivity index (χ1n) is 9.07. The zero-order valence-electron chi connectivity index (χ0n) is 16.4. The van der Waals surface area contributed by atoms with Crippen LogP contribution in [-0.4, -0.2) is 20.6 Å². The van der Waals surface area contributed by atoms with Gasteiger partial charge in [0.25, 0.3) is 0 Å². The number of sulfone groups is 1. The standard InChI is InChI=1S/C20H22Br4O4S/c1-5-11(3)27-19-15(21)7-13(8-16(19)22)29(25,26)14-9-17(23)20(18(24)10-14)28-12(4)6-2/h7-12H,5-6H2,1-4H3. The second-order valence-corrected chi connectivity index (χ2v) is 12.0. The van der Waals surface area contributed by atoms with Crippen molar-refractivity contribution in [2.24, 2.45) is 0 Å². The van der Waals surface area contributed by atoms with E-state index in [2.05, 4.69) is 63.7 Å². The molecule has 0 heterocycles. The molecule has 0 aliphatic rings. The lowest BCUT2D eigenvalue weighted by atomic mass is 10.3. The van der Waals surface area contributed by atoms with Gasteiger partial charge in [0.15, 0.2) is 0 Å². The van der Waals surface area contributed by atoms with Gasteiger partial charge in [0.05, 0.1) is 39.9 Å². The van der Waals surface area contributed by atoms with Gasteiger partial charge in [0.1, 0.15) is 11.5 Å². The number of benzene rings is 2. The van der Waals surface area contributed by atoms with Crippen molar-refractivity contribution in [3.8, 4) is 11.5 Å². The Hall–Kier alpha value is -0.0900. The highest BCUT2D eigenvalue weighted by Crippen LogP contribution is 2.41. The second-order valence-electron chi connectivity index (χ2n) is 6.61. The van der Waals surface area contributed by atoms with Crippen LogP contribution in [0, 0.1) is 0 Å². The van der Waals surface area contributed by atoms with Gasteiger partial charge >= 0.3 is 0 Å². The third kappa shape index (κ3) is 5.99. The first-order chi connectivity index (χ1) is 13.5. The van der Waals surface area contributed by atoms with Crippen LogP contribution in [0.5, 0.6) is 11.5 Å². The van der Waals surface area contributed by atoms with Gasteiger partial charge in [-0.15, -0.1) is 0 Å². The van der Waals surface area contributed by atoms with E-state index in [0.29, 0.717) is 29.4 Å². The minimum Gasteiger partial charge on any atom is -0.488 e. The van der Waals surface area contributed by atoms with Crippen molar-refractivity contribution < 1.29 is 17.9 Å². The molecule has 4 nitrogen and oxygen atoms in total. The number of ether oxygens (including phenoxy) is 2. The average Bonchev–Trinajstić information content (AvgIpc) is 2.66. The van der Waals surface area contributed by atoms with Crippen LogP contribution in [0.4, 0.5) is 0 Å². The molecule has 2 unspecified atom stereocenters. The molecule has 0 radical (unpaired) electrons. The zero-order valence-corrected chi connectivity index (χ0v) is 23.6. The smallest absolute Gasteiger partial charge is 0.206 e. The highest BCUT2D eigenvalue weighted by Gasteiger charge is 2.24. The number of halogens is 4. The van der Waals surface area contributed by atoms with Gasteiger partial charge in [-0.05, 0) is 115 Å². The molecule has 0 aromatic heterocycles. The van der Waals surface area contributed by atoms with E-state index in [0.717, 1.165) is 12.8 Å². The summed E-state index contributed by atoms with van der Waals surface area (Å²) in [5.41, 5.74) is 0. The van der Waals surface area contributed by atoms with E-state index in [1.807, 2.05) is 27.7 Å². The molecule has 0 saturated carbocycles. The summed E-state index contributed by atoms with van der Waals surface area (Å²) in [6, 6.07) is 6.23. The van der Waals surface area contributed by atoms with Crippen LogP contribution >= 0.6 is 63.7 Å². The molecule has 29 heavy (non-hydrogen) atoms. The van der Waals surface area contributed by atoms with Crippen LogP contribution < -0.4 is 9.47 Å². The maximum absolute atomic E-state index is 13.3. The summed E-state index contributed by atoms with van der Waals surface area (Å²) in [5.74, 6) is 1.16. The predicted molar refractivity (Wildman–Crippen MR) is 130 cm³/mol. The van der Waals surface area contributed by atoms with Crippen molar-refractivity contribution in [1.29, 1.82) is 0 Å². The van der Waals surface area contributed by atoms with E-state index < -0.39 is 9.84 Å². The second kappa shape index (κ2) is 10.5. The minimum atomic E-state index is -3.76. The quantitative estimate of drug-likeness (QED) is 0.285.